The highest BCUT2D eigenvalue weighted by Gasteiger charge is 2.29. The zero-order chi connectivity index (χ0) is 20.4. The van der Waals surface area contributed by atoms with Crippen LogP contribution in [0.5, 0.6) is 5.88 Å². The molecular weight excluding hydrogens is 373 g/mol. The molecule has 9 heteroatoms. The normalized spacial score (nSPS) is 12.0. The van der Waals surface area contributed by atoms with E-state index >= 15 is 0 Å². The van der Waals surface area contributed by atoms with Crippen LogP contribution in [0.1, 0.15) is 16.7 Å². The van der Waals surface area contributed by atoms with Crippen LogP contribution in [0.3, 0.4) is 0 Å². The molecule has 0 bridgehead atoms. The molecule has 0 aliphatic carbocycles. The molecule has 0 amide bonds. The van der Waals surface area contributed by atoms with Gasteiger partial charge in [-0.2, -0.15) is 13.2 Å². The Morgan fingerprint density at radius 1 is 1.07 bits per heavy atom. The Balaban J connectivity index is 1.88. The molecule has 0 radical (unpaired) electrons. The quantitative estimate of drug-likeness (QED) is 0.408. The van der Waals surface area contributed by atoms with Gasteiger partial charge in [-0.3, -0.25) is 4.99 Å². The second kappa shape index (κ2) is 10.5. The van der Waals surface area contributed by atoms with E-state index in [4.69, 9.17) is 9.47 Å². The third-order valence-electron chi connectivity index (χ3n) is 3.79. The van der Waals surface area contributed by atoms with Crippen LogP contribution in [0.15, 0.2) is 47.6 Å². The molecule has 0 unspecified atom stereocenters. The molecule has 0 fully saturated rings. The predicted molar refractivity (Wildman–Crippen MR) is 100 cm³/mol. The molecule has 6 nitrogen and oxygen atoms in total. The van der Waals surface area contributed by atoms with Gasteiger partial charge in [0.1, 0.15) is 6.61 Å². The monoisotopic (exact) mass is 396 g/mol. The van der Waals surface area contributed by atoms with Crippen molar-refractivity contribution in [1.82, 2.24) is 15.6 Å². The van der Waals surface area contributed by atoms with Gasteiger partial charge in [0, 0.05) is 39.0 Å². The number of ether oxygens (including phenoxy) is 2. The highest BCUT2D eigenvalue weighted by atomic mass is 19.4. The number of pyridine rings is 1. The lowest BCUT2D eigenvalue weighted by molar-refractivity contribution is -0.137. The molecule has 0 aliphatic heterocycles. The molecular formula is C19H23F3N4O2. The van der Waals surface area contributed by atoms with Gasteiger partial charge >= 0.3 is 6.18 Å². The fourth-order valence-corrected chi connectivity index (χ4v) is 2.31. The molecule has 0 saturated carbocycles. The molecule has 1 heterocycles. The van der Waals surface area contributed by atoms with Gasteiger partial charge in [0.05, 0.1) is 12.2 Å². The van der Waals surface area contributed by atoms with E-state index < -0.39 is 11.7 Å². The molecule has 0 aliphatic rings. The number of benzene rings is 1. The maximum Gasteiger partial charge on any atom is 0.416 e. The minimum Gasteiger partial charge on any atom is -0.475 e. The Labute approximate surface area is 161 Å². The molecule has 0 spiro atoms. The van der Waals surface area contributed by atoms with Crippen molar-refractivity contribution < 1.29 is 22.6 Å². The first-order valence-electron chi connectivity index (χ1n) is 8.60. The average Bonchev–Trinajstić information content (AvgIpc) is 2.69. The van der Waals surface area contributed by atoms with Crippen LogP contribution in [-0.2, 0) is 24.0 Å². The fourth-order valence-electron chi connectivity index (χ4n) is 2.31. The molecule has 0 saturated heterocycles. The molecule has 1 aromatic carbocycles. The second-order valence-electron chi connectivity index (χ2n) is 5.78. The summed E-state index contributed by atoms with van der Waals surface area (Å²) in [6.07, 6.45) is -2.69. The van der Waals surface area contributed by atoms with Crippen molar-refractivity contribution in [3.05, 3.63) is 59.3 Å². The fraction of sp³-hybridized carbons (Fsp3) is 0.368. The Bertz CT molecular complexity index is 765. The van der Waals surface area contributed by atoms with Crippen molar-refractivity contribution in [1.29, 1.82) is 0 Å². The van der Waals surface area contributed by atoms with Gasteiger partial charge in [0.2, 0.25) is 5.88 Å². The van der Waals surface area contributed by atoms with Crippen LogP contribution in [0, 0.1) is 0 Å². The van der Waals surface area contributed by atoms with E-state index in [1.54, 1.807) is 26.4 Å². The van der Waals surface area contributed by atoms with Crippen molar-refractivity contribution in [2.75, 3.05) is 27.4 Å². The van der Waals surface area contributed by atoms with Crippen LogP contribution < -0.4 is 15.4 Å². The number of aromatic nitrogens is 1. The average molecular weight is 396 g/mol. The number of hydrogen-bond acceptors (Lipinski definition) is 4. The number of halogens is 3. The first-order chi connectivity index (χ1) is 13.4. The van der Waals surface area contributed by atoms with Crippen molar-refractivity contribution in [2.45, 2.75) is 19.3 Å². The van der Waals surface area contributed by atoms with Crippen molar-refractivity contribution in [3.8, 4) is 5.88 Å². The van der Waals surface area contributed by atoms with E-state index in [2.05, 4.69) is 20.6 Å². The van der Waals surface area contributed by atoms with E-state index in [1.165, 1.54) is 12.1 Å². The summed E-state index contributed by atoms with van der Waals surface area (Å²) in [5.74, 6) is 1.01. The molecule has 1 aromatic heterocycles. The maximum atomic E-state index is 12.6. The van der Waals surface area contributed by atoms with E-state index in [0.29, 0.717) is 43.7 Å². The van der Waals surface area contributed by atoms with Gasteiger partial charge < -0.3 is 20.1 Å². The van der Waals surface area contributed by atoms with E-state index in [0.717, 1.165) is 17.7 Å². The highest BCUT2D eigenvalue weighted by molar-refractivity contribution is 5.79. The number of nitrogens with one attached hydrogen (secondary N) is 2. The number of hydrogen-bond donors (Lipinski definition) is 2. The van der Waals surface area contributed by atoms with Gasteiger partial charge in [0.25, 0.3) is 0 Å². The first kappa shape index (κ1) is 21.5. The van der Waals surface area contributed by atoms with Crippen LogP contribution in [0.25, 0.3) is 0 Å². The minimum atomic E-state index is -4.34. The SMILES string of the molecule is CN=C(NCc1ccc(C(F)(F)F)cc1)NCc1cccnc1OCCOC. The van der Waals surface area contributed by atoms with E-state index in [-0.39, 0.29) is 0 Å². The summed E-state index contributed by atoms with van der Waals surface area (Å²) in [6, 6.07) is 8.68. The van der Waals surface area contributed by atoms with Gasteiger partial charge in [-0.1, -0.05) is 18.2 Å². The summed E-state index contributed by atoms with van der Waals surface area (Å²) in [7, 11) is 3.21. The minimum absolute atomic E-state index is 0.335. The number of aliphatic imine (C=N–C) groups is 1. The van der Waals surface area contributed by atoms with Crippen molar-refractivity contribution in [3.63, 3.8) is 0 Å². The third-order valence-corrected chi connectivity index (χ3v) is 3.79. The van der Waals surface area contributed by atoms with Crippen LogP contribution in [-0.4, -0.2) is 38.3 Å². The summed E-state index contributed by atoms with van der Waals surface area (Å²) in [5, 5.41) is 6.19. The highest BCUT2D eigenvalue weighted by Crippen LogP contribution is 2.29. The lowest BCUT2D eigenvalue weighted by atomic mass is 10.1. The lowest BCUT2D eigenvalue weighted by Crippen LogP contribution is -2.36. The van der Waals surface area contributed by atoms with E-state index in [9.17, 15) is 13.2 Å². The van der Waals surface area contributed by atoms with Gasteiger partial charge in [-0.05, 0) is 23.8 Å². The molecule has 152 valence electrons. The lowest BCUT2D eigenvalue weighted by Gasteiger charge is -2.14. The summed E-state index contributed by atoms with van der Waals surface area (Å²) in [4.78, 5) is 8.32. The Kier molecular flexibility index (Phi) is 8.06. The van der Waals surface area contributed by atoms with Crippen LogP contribution in [0.2, 0.25) is 0 Å². The van der Waals surface area contributed by atoms with Crippen LogP contribution in [0.4, 0.5) is 13.2 Å². The number of methoxy groups -OCH3 is 1. The molecule has 0 atom stereocenters. The molecule has 2 N–H and O–H groups in total. The first-order valence-corrected chi connectivity index (χ1v) is 8.60. The molecule has 2 aromatic rings. The summed E-state index contributed by atoms with van der Waals surface area (Å²) >= 11 is 0. The second-order valence-corrected chi connectivity index (χ2v) is 5.78. The zero-order valence-electron chi connectivity index (χ0n) is 15.7. The molecule has 2 rings (SSSR count). The third kappa shape index (κ3) is 6.73. The zero-order valence-corrected chi connectivity index (χ0v) is 15.7. The summed E-state index contributed by atoms with van der Waals surface area (Å²) in [5.41, 5.74) is 0.883. The van der Waals surface area contributed by atoms with Crippen LogP contribution >= 0.6 is 0 Å². The Hall–Kier alpha value is -2.81. The standard InChI is InChI=1S/C19H23F3N4O2/c1-23-18(25-12-14-5-7-16(8-6-14)19(20,21)22)26-13-15-4-3-9-24-17(15)28-11-10-27-2/h3-9H,10-13H2,1-2H3,(H2,23,25,26). The Morgan fingerprint density at radius 2 is 1.79 bits per heavy atom. The number of guanidine groups is 1. The van der Waals surface area contributed by atoms with Gasteiger partial charge in [0.15, 0.2) is 5.96 Å². The van der Waals surface area contributed by atoms with Crippen molar-refractivity contribution >= 4 is 5.96 Å². The van der Waals surface area contributed by atoms with Crippen molar-refractivity contribution in [2.24, 2.45) is 4.99 Å². The number of nitrogens with zero attached hydrogens (tertiary/aromatic N) is 2. The smallest absolute Gasteiger partial charge is 0.416 e. The molecule has 28 heavy (non-hydrogen) atoms. The summed E-state index contributed by atoms with van der Waals surface area (Å²) < 4.78 is 48.4. The predicted octanol–water partition coefficient (Wildman–Crippen LogP) is 2.99. The summed E-state index contributed by atoms with van der Waals surface area (Å²) in [6.45, 7) is 1.60. The topological polar surface area (TPSA) is 67.8 Å². The van der Waals surface area contributed by atoms with Gasteiger partial charge in [-0.25, -0.2) is 4.98 Å². The maximum absolute atomic E-state index is 12.6. The van der Waals surface area contributed by atoms with Gasteiger partial charge in [-0.15, -0.1) is 0 Å². The number of rotatable bonds is 8. The largest absolute Gasteiger partial charge is 0.475 e. The number of alkyl halides is 3. The Morgan fingerprint density at radius 3 is 2.43 bits per heavy atom. The van der Waals surface area contributed by atoms with E-state index in [1.807, 2.05) is 6.07 Å².